The molecule has 2 N–H and O–H groups in total. The second-order valence-corrected chi connectivity index (χ2v) is 4.10. The summed E-state index contributed by atoms with van der Waals surface area (Å²) in [6.07, 6.45) is 0. The molecule has 1 aromatic heterocycles. The number of rotatable bonds is 2. The minimum absolute atomic E-state index is 0.125. The van der Waals surface area contributed by atoms with Crippen molar-refractivity contribution >= 4 is 10.8 Å². The van der Waals surface area contributed by atoms with E-state index in [0.29, 0.717) is 0 Å². The third-order valence-electron chi connectivity index (χ3n) is 2.95. The van der Waals surface area contributed by atoms with Crippen molar-refractivity contribution in [2.75, 3.05) is 7.11 Å². The minimum Gasteiger partial charge on any atom is -0.497 e. The average molecular weight is 240 g/mol. The van der Waals surface area contributed by atoms with Crippen LogP contribution in [0.4, 0.5) is 0 Å². The Labute approximate surface area is 103 Å². The molecule has 0 aliphatic heterocycles. The van der Waals surface area contributed by atoms with Crippen molar-refractivity contribution in [3.63, 3.8) is 0 Å². The highest BCUT2D eigenvalue weighted by molar-refractivity contribution is 5.87. The quantitative estimate of drug-likeness (QED) is 0.723. The third-order valence-corrected chi connectivity index (χ3v) is 2.95. The molecule has 0 aliphatic carbocycles. The van der Waals surface area contributed by atoms with Crippen LogP contribution in [0.5, 0.6) is 5.75 Å². The highest BCUT2D eigenvalue weighted by Gasteiger charge is 2.02. The lowest BCUT2D eigenvalue weighted by Crippen LogP contribution is -1.93. The van der Waals surface area contributed by atoms with Crippen LogP contribution in [0.3, 0.4) is 0 Å². The summed E-state index contributed by atoms with van der Waals surface area (Å²) < 4.78 is 5.19. The molecular weight excluding hydrogens is 228 g/mol. The zero-order valence-electron chi connectivity index (χ0n) is 9.86. The molecule has 0 spiro atoms. The number of benzene rings is 2. The largest absolute Gasteiger partial charge is 0.497 e. The molecule has 18 heavy (non-hydrogen) atoms. The van der Waals surface area contributed by atoms with Crippen molar-refractivity contribution in [3.8, 4) is 17.0 Å². The van der Waals surface area contributed by atoms with Crippen LogP contribution in [0.15, 0.2) is 47.3 Å². The van der Waals surface area contributed by atoms with Crippen molar-refractivity contribution in [2.24, 2.45) is 0 Å². The molecule has 0 saturated heterocycles. The standard InChI is InChI=1S/C14H12N2O2/c1-18-12-5-4-9-6-11(3-2-10(9)7-12)13-8-14(17)16-15-13/h2-8H,1H3,(H2,15,16,17). The fourth-order valence-corrected chi connectivity index (χ4v) is 2.01. The zero-order chi connectivity index (χ0) is 12.5. The molecule has 4 nitrogen and oxygen atoms in total. The summed E-state index contributed by atoms with van der Waals surface area (Å²) in [7, 11) is 1.65. The summed E-state index contributed by atoms with van der Waals surface area (Å²) in [6.45, 7) is 0. The molecule has 3 rings (SSSR count). The Balaban J connectivity index is 2.14. The maximum absolute atomic E-state index is 11.1. The van der Waals surface area contributed by atoms with E-state index in [1.807, 2.05) is 36.4 Å². The van der Waals surface area contributed by atoms with Crippen molar-refractivity contribution in [1.29, 1.82) is 0 Å². The molecular formula is C14H12N2O2. The number of H-pyrrole nitrogens is 2. The highest BCUT2D eigenvalue weighted by Crippen LogP contribution is 2.25. The summed E-state index contributed by atoms with van der Waals surface area (Å²) >= 11 is 0. The van der Waals surface area contributed by atoms with Gasteiger partial charge in [0.15, 0.2) is 0 Å². The Morgan fingerprint density at radius 1 is 0.944 bits per heavy atom. The van der Waals surface area contributed by atoms with E-state index in [9.17, 15) is 4.79 Å². The van der Waals surface area contributed by atoms with Gasteiger partial charge in [0.1, 0.15) is 5.75 Å². The van der Waals surface area contributed by atoms with E-state index in [2.05, 4.69) is 10.2 Å². The second kappa shape index (κ2) is 4.07. The van der Waals surface area contributed by atoms with Crippen LogP contribution in [0.25, 0.3) is 22.0 Å². The van der Waals surface area contributed by atoms with Crippen LogP contribution in [-0.4, -0.2) is 17.3 Å². The highest BCUT2D eigenvalue weighted by atomic mass is 16.5. The Morgan fingerprint density at radius 3 is 2.44 bits per heavy atom. The number of aromatic nitrogens is 2. The maximum Gasteiger partial charge on any atom is 0.264 e. The number of methoxy groups -OCH3 is 1. The molecule has 0 atom stereocenters. The number of hydrogen-bond donors (Lipinski definition) is 2. The molecule has 0 bridgehead atoms. The van der Waals surface area contributed by atoms with Gasteiger partial charge in [-0.05, 0) is 29.0 Å². The molecule has 0 saturated carbocycles. The first-order valence-corrected chi connectivity index (χ1v) is 5.62. The summed E-state index contributed by atoms with van der Waals surface area (Å²) in [5.41, 5.74) is 1.64. The molecule has 1 heterocycles. The van der Waals surface area contributed by atoms with Gasteiger partial charge in [0, 0.05) is 11.6 Å². The summed E-state index contributed by atoms with van der Waals surface area (Å²) in [5, 5.41) is 7.59. The van der Waals surface area contributed by atoms with Crippen LogP contribution in [0.2, 0.25) is 0 Å². The Hall–Kier alpha value is -2.49. The lowest BCUT2D eigenvalue weighted by Gasteiger charge is -2.04. The fraction of sp³-hybridized carbons (Fsp3) is 0.0714. The minimum atomic E-state index is -0.125. The van der Waals surface area contributed by atoms with Gasteiger partial charge in [0.25, 0.3) is 5.56 Å². The van der Waals surface area contributed by atoms with Crippen molar-refractivity contribution in [1.82, 2.24) is 10.2 Å². The normalized spacial score (nSPS) is 10.7. The van der Waals surface area contributed by atoms with Gasteiger partial charge in [0.2, 0.25) is 0 Å². The first-order valence-electron chi connectivity index (χ1n) is 5.62. The van der Waals surface area contributed by atoms with Gasteiger partial charge >= 0.3 is 0 Å². The van der Waals surface area contributed by atoms with Gasteiger partial charge in [-0.1, -0.05) is 18.2 Å². The lowest BCUT2D eigenvalue weighted by molar-refractivity contribution is 0.415. The predicted molar refractivity (Wildman–Crippen MR) is 70.9 cm³/mol. The molecule has 90 valence electrons. The number of hydrogen-bond acceptors (Lipinski definition) is 2. The van der Waals surface area contributed by atoms with E-state index in [0.717, 1.165) is 27.8 Å². The molecule has 0 fully saturated rings. The van der Waals surface area contributed by atoms with Crippen molar-refractivity contribution in [2.45, 2.75) is 0 Å². The number of ether oxygens (including phenoxy) is 1. The number of nitrogens with one attached hydrogen (secondary N) is 2. The molecule has 3 aromatic rings. The van der Waals surface area contributed by atoms with Gasteiger partial charge in [-0.2, -0.15) is 0 Å². The van der Waals surface area contributed by atoms with Crippen molar-refractivity contribution < 1.29 is 4.74 Å². The van der Waals surface area contributed by atoms with E-state index >= 15 is 0 Å². The molecule has 0 aliphatic rings. The van der Waals surface area contributed by atoms with Crippen molar-refractivity contribution in [3.05, 3.63) is 52.8 Å². The Morgan fingerprint density at radius 2 is 1.72 bits per heavy atom. The first kappa shape index (κ1) is 10.7. The van der Waals surface area contributed by atoms with Crippen LogP contribution >= 0.6 is 0 Å². The summed E-state index contributed by atoms with van der Waals surface area (Å²) in [6, 6.07) is 13.5. The smallest absolute Gasteiger partial charge is 0.264 e. The fourth-order valence-electron chi connectivity index (χ4n) is 2.01. The molecule has 0 radical (unpaired) electrons. The molecule has 2 aromatic carbocycles. The van der Waals surface area contributed by atoms with Gasteiger partial charge in [-0.15, -0.1) is 0 Å². The molecule has 0 unspecified atom stereocenters. The summed E-state index contributed by atoms with van der Waals surface area (Å²) in [4.78, 5) is 11.1. The predicted octanol–water partition coefficient (Wildman–Crippen LogP) is 2.53. The van der Waals surface area contributed by atoms with E-state index < -0.39 is 0 Å². The molecule has 0 amide bonds. The SMILES string of the molecule is COc1ccc2cc(-c3cc(=O)[nH][nH]3)ccc2c1. The number of fused-ring (bicyclic) bond motifs is 1. The van der Waals surface area contributed by atoms with Gasteiger partial charge in [0.05, 0.1) is 12.8 Å². The van der Waals surface area contributed by atoms with E-state index in [-0.39, 0.29) is 5.56 Å². The van der Waals surface area contributed by atoms with Gasteiger partial charge < -0.3 is 4.74 Å². The average Bonchev–Trinajstić information content (AvgIpc) is 2.84. The van der Waals surface area contributed by atoms with E-state index in [1.54, 1.807) is 13.2 Å². The maximum atomic E-state index is 11.1. The molecule has 4 heteroatoms. The van der Waals surface area contributed by atoms with E-state index in [4.69, 9.17) is 4.74 Å². The zero-order valence-corrected chi connectivity index (χ0v) is 9.86. The van der Waals surface area contributed by atoms with Crippen LogP contribution in [0, 0.1) is 0 Å². The Bertz CT molecular complexity index is 756. The van der Waals surface area contributed by atoms with Gasteiger partial charge in [-0.3, -0.25) is 15.0 Å². The topological polar surface area (TPSA) is 57.9 Å². The number of aromatic amines is 2. The van der Waals surface area contributed by atoms with Gasteiger partial charge in [-0.25, -0.2) is 0 Å². The first-order chi connectivity index (χ1) is 8.76. The van der Waals surface area contributed by atoms with Crippen LogP contribution in [0.1, 0.15) is 0 Å². The van der Waals surface area contributed by atoms with Crippen LogP contribution < -0.4 is 10.3 Å². The monoisotopic (exact) mass is 240 g/mol. The lowest BCUT2D eigenvalue weighted by atomic mass is 10.0. The van der Waals surface area contributed by atoms with Crippen LogP contribution in [-0.2, 0) is 0 Å². The second-order valence-electron chi connectivity index (χ2n) is 4.10. The van der Waals surface area contributed by atoms with E-state index in [1.165, 1.54) is 0 Å². The Kier molecular flexibility index (Phi) is 2.41. The summed E-state index contributed by atoms with van der Waals surface area (Å²) in [5.74, 6) is 0.838. The third kappa shape index (κ3) is 1.78.